The first-order valence-corrected chi connectivity index (χ1v) is 5.41. The smallest absolute Gasteiger partial charge is 0.338 e. The maximum atomic E-state index is 11.5. The predicted octanol–water partition coefficient (Wildman–Crippen LogP) is 1.13. The Morgan fingerprint density at radius 3 is 3.12 bits per heavy atom. The number of esters is 1. The molecule has 86 valence electrons. The molecule has 0 amide bonds. The molecule has 0 bridgehead atoms. The SMILES string of the molecule is CCOC(=O)c1ccc2c(c1)OC(CN)C2. The molecular weight excluding hydrogens is 206 g/mol. The van der Waals surface area contributed by atoms with E-state index in [2.05, 4.69) is 0 Å². The molecule has 1 aliphatic heterocycles. The van der Waals surface area contributed by atoms with Crippen molar-refractivity contribution in [3.63, 3.8) is 0 Å². The van der Waals surface area contributed by atoms with E-state index in [1.54, 1.807) is 19.1 Å². The van der Waals surface area contributed by atoms with Gasteiger partial charge in [-0.3, -0.25) is 0 Å². The molecule has 0 radical (unpaired) electrons. The number of hydrogen-bond acceptors (Lipinski definition) is 4. The highest BCUT2D eigenvalue weighted by molar-refractivity contribution is 5.90. The quantitative estimate of drug-likeness (QED) is 0.777. The van der Waals surface area contributed by atoms with Crippen molar-refractivity contribution in [2.45, 2.75) is 19.4 Å². The van der Waals surface area contributed by atoms with E-state index in [0.29, 0.717) is 18.7 Å². The highest BCUT2D eigenvalue weighted by Gasteiger charge is 2.22. The number of ether oxygens (including phenoxy) is 2. The maximum absolute atomic E-state index is 11.5. The largest absolute Gasteiger partial charge is 0.488 e. The number of nitrogens with two attached hydrogens (primary N) is 1. The van der Waals surface area contributed by atoms with Crippen LogP contribution in [0.1, 0.15) is 22.8 Å². The van der Waals surface area contributed by atoms with Crippen LogP contribution in [0.15, 0.2) is 18.2 Å². The maximum Gasteiger partial charge on any atom is 0.338 e. The van der Waals surface area contributed by atoms with E-state index in [-0.39, 0.29) is 12.1 Å². The van der Waals surface area contributed by atoms with Gasteiger partial charge in [-0.15, -0.1) is 0 Å². The van der Waals surface area contributed by atoms with Crippen molar-refractivity contribution in [2.24, 2.45) is 5.73 Å². The molecule has 0 spiro atoms. The average molecular weight is 221 g/mol. The number of rotatable bonds is 3. The Morgan fingerprint density at radius 2 is 2.44 bits per heavy atom. The fraction of sp³-hybridized carbons (Fsp3) is 0.417. The summed E-state index contributed by atoms with van der Waals surface area (Å²) in [6.45, 7) is 2.65. The van der Waals surface area contributed by atoms with Crippen molar-refractivity contribution in [1.82, 2.24) is 0 Å². The van der Waals surface area contributed by atoms with Crippen LogP contribution in [0.3, 0.4) is 0 Å². The van der Waals surface area contributed by atoms with Crippen LogP contribution < -0.4 is 10.5 Å². The van der Waals surface area contributed by atoms with Crippen LogP contribution in [-0.2, 0) is 11.2 Å². The standard InChI is InChI=1S/C12H15NO3/c1-2-15-12(14)9-4-3-8-5-10(7-13)16-11(8)6-9/h3-4,6,10H,2,5,7,13H2,1H3. The van der Waals surface area contributed by atoms with Crippen LogP contribution in [0.2, 0.25) is 0 Å². The molecule has 0 saturated heterocycles. The minimum atomic E-state index is -0.315. The molecule has 1 atom stereocenters. The van der Waals surface area contributed by atoms with Crippen LogP contribution in [-0.4, -0.2) is 25.2 Å². The van der Waals surface area contributed by atoms with Gasteiger partial charge < -0.3 is 15.2 Å². The minimum absolute atomic E-state index is 0.0347. The van der Waals surface area contributed by atoms with E-state index >= 15 is 0 Å². The average Bonchev–Trinajstić information content (AvgIpc) is 2.70. The number of carbonyl (C=O) groups excluding carboxylic acids is 1. The van der Waals surface area contributed by atoms with Crippen LogP contribution >= 0.6 is 0 Å². The first-order chi connectivity index (χ1) is 7.74. The van der Waals surface area contributed by atoms with Gasteiger partial charge in [-0.2, -0.15) is 0 Å². The molecule has 0 saturated carbocycles. The molecule has 1 unspecified atom stereocenters. The van der Waals surface area contributed by atoms with Crippen LogP contribution in [0.25, 0.3) is 0 Å². The molecule has 0 aliphatic carbocycles. The second-order valence-corrected chi connectivity index (χ2v) is 3.72. The molecule has 1 aromatic rings. The summed E-state index contributed by atoms with van der Waals surface area (Å²) in [7, 11) is 0. The number of benzene rings is 1. The number of hydrogen-bond donors (Lipinski definition) is 1. The monoisotopic (exact) mass is 221 g/mol. The summed E-state index contributed by atoms with van der Waals surface area (Å²) >= 11 is 0. The lowest BCUT2D eigenvalue weighted by Gasteiger charge is -2.06. The summed E-state index contributed by atoms with van der Waals surface area (Å²) in [5.74, 6) is 0.436. The Labute approximate surface area is 94.3 Å². The molecule has 0 aromatic heterocycles. The van der Waals surface area contributed by atoms with Gasteiger partial charge in [0.05, 0.1) is 12.2 Å². The Hall–Kier alpha value is -1.55. The summed E-state index contributed by atoms with van der Waals surface area (Å²) in [4.78, 5) is 11.5. The van der Waals surface area contributed by atoms with Crippen molar-refractivity contribution in [1.29, 1.82) is 0 Å². The van der Waals surface area contributed by atoms with Gasteiger partial charge >= 0.3 is 5.97 Å². The molecule has 4 heteroatoms. The Kier molecular flexibility index (Phi) is 3.10. The normalized spacial score (nSPS) is 17.8. The summed E-state index contributed by atoms with van der Waals surface area (Å²) in [5, 5.41) is 0. The van der Waals surface area contributed by atoms with Crippen LogP contribution in [0, 0.1) is 0 Å². The highest BCUT2D eigenvalue weighted by Crippen LogP contribution is 2.29. The first kappa shape index (κ1) is 11.0. The molecule has 16 heavy (non-hydrogen) atoms. The number of carbonyl (C=O) groups is 1. The van der Waals surface area contributed by atoms with Gasteiger partial charge in [0.15, 0.2) is 0 Å². The molecule has 4 nitrogen and oxygen atoms in total. The second-order valence-electron chi connectivity index (χ2n) is 3.72. The molecule has 1 aromatic carbocycles. The van der Waals surface area contributed by atoms with Crippen LogP contribution in [0.4, 0.5) is 0 Å². The Bertz CT molecular complexity index is 403. The zero-order valence-corrected chi connectivity index (χ0v) is 9.23. The van der Waals surface area contributed by atoms with Gasteiger partial charge in [0.1, 0.15) is 11.9 Å². The summed E-state index contributed by atoms with van der Waals surface area (Å²) < 4.78 is 10.5. The zero-order valence-electron chi connectivity index (χ0n) is 9.23. The fourth-order valence-corrected chi connectivity index (χ4v) is 1.77. The molecular formula is C12H15NO3. The number of fused-ring (bicyclic) bond motifs is 1. The minimum Gasteiger partial charge on any atom is -0.488 e. The molecule has 2 N–H and O–H groups in total. The third kappa shape index (κ3) is 2.02. The van der Waals surface area contributed by atoms with E-state index in [1.165, 1.54) is 0 Å². The van der Waals surface area contributed by atoms with Gasteiger partial charge in [-0.1, -0.05) is 6.07 Å². The van der Waals surface area contributed by atoms with E-state index in [4.69, 9.17) is 15.2 Å². The van der Waals surface area contributed by atoms with Gasteiger partial charge in [-0.05, 0) is 24.6 Å². The van der Waals surface area contributed by atoms with Gasteiger partial charge in [0.2, 0.25) is 0 Å². The van der Waals surface area contributed by atoms with Crippen molar-refractivity contribution < 1.29 is 14.3 Å². The fourth-order valence-electron chi connectivity index (χ4n) is 1.77. The molecule has 1 aliphatic rings. The molecule has 0 fully saturated rings. The highest BCUT2D eigenvalue weighted by atomic mass is 16.5. The van der Waals surface area contributed by atoms with Gasteiger partial charge in [0.25, 0.3) is 0 Å². The molecule has 2 rings (SSSR count). The van der Waals surface area contributed by atoms with Crippen molar-refractivity contribution >= 4 is 5.97 Å². The topological polar surface area (TPSA) is 61.5 Å². The van der Waals surface area contributed by atoms with Crippen molar-refractivity contribution in [3.05, 3.63) is 29.3 Å². The first-order valence-electron chi connectivity index (χ1n) is 5.41. The van der Waals surface area contributed by atoms with Crippen molar-refractivity contribution in [3.8, 4) is 5.75 Å². The van der Waals surface area contributed by atoms with E-state index in [1.807, 2.05) is 6.07 Å². The second kappa shape index (κ2) is 4.53. The summed E-state index contributed by atoms with van der Waals surface area (Å²) in [5.41, 5.74) is 7.17. The van der Waals surface area contributed by atoms with E-state index in [9.17, 15) is 4.79 Å². The van der Waals surface area contributed by atoms with Gasteiger partial charge in [-0.25, -0.2) is 4.79 Å². The zero-order chi connectivity index (χ0) is 11.5. The lowest BCUT2D eigenvalue weighted by molar-refractivity contribution is 0.0526. The lowest BCUT2D eigenvalue weighted by atomic mass is 10.1. The van der Waals surface area contributed by atoms with Gasteiger partial charge in [0, 0.05) is 13.0 Å². The Balaban J connectivity index is 2.19. The third-order valence-corrected chi connectivity index (χ3v) is 2.58. The van der Waals surface area contributed by atoms with E-state index in [0.717, 1.165) is 17.7 Å². The summed E-state index contributed by atoms with van der Waals surface area (Å²) in [6, 6.07) is 5.39. The Morgan fingerprint density at radius 1 is 1.62 bits per heavy atom. The predicted molar refractivity (Wildman–Crippen MR) is 59.6 cm³/mol. The summed E-state index contributed by atoms with van der Waals surface area (Å²) in [6.07, 6.45) is 0.849. The third-order valence-electron chi connectivity index (χ3n) is 2.58. The van der Waals surface area contributed by atoms with Crippen LogP contribution in [0.5, 0.6) is 5.75 Å². The van der Waals surface area contributed by atoms with E-state index < -0.39 is 0 Å². The van der Waals surface area contributed by atoms with Crippen molar-refractivity contribution in [2.75, 3.05) is 13.2 Å². The lowest BCUT2D eigenvalue weighted by Crippen LogP contribution is -2.24. The molecule has 1 heterocycles.